The predicted octanol–water partition coefficient (Wildman–Crippen LogP) is -2.36. The predicted molar refractivity (Wildman–Crippen MR) is 67.7 cm³/mol. The molecule has 0 aliphatic carbocycles. The van der Waals surface area contributed by atoms with Gasteiger partial charge in [0.15, 0.2) is 0 Å². The van der Waals surface area contributed by atoms with Crippen LogP contribution in [0, 0.1) is 6.92 Å². The SMILES string of the molecule is C[c-]1cccc1.[CH3][GeH][CH3].[Cl-].[Cl-].[Zr+4].c1cc[cH-]c1. The molecule has 93 valence electrons. The smallest absolute Gasteiger partial charge is 1.00 e. The van der Waals surface area contributed by atoms with Gasteiger partial charge in [-0.15, -0.1) is 0 Å². The van der Waals surface area contributed by atoms with Crippen LogP contribution in [-0.2, 0) is 26.2 Å². The Labute approximate surface area is 144 Å². The molecule has 1 radical (unpaired) electrons. The third-order valence-electron chi connectivity index (χ3n) is 1.38. The molecular formula is C13H19Cl2GeZr. The first-order chi connectivity index (χ1) is 6.81. The molecule has 0 nitrogen and oxygen atoms in total. The molecule has 0 saturated heterocycles. The van der Waals surface area contributed by atoms with Crippen LogP contribution in [0.3, 0.4) is 0 Å². The van der Waals surface area contributed by atoms with Gasteiger partial charge in [0, 0.05) is 0 Å². The van der Waals surface area contributed by atoms with Crippen LogP contribution in [0.4, 0.5) is 0 Å². The van der Waals surface area contributed by atoms with Crippen molar-refractivity contribution in [3.8, 4) is 0 Å². The van der Waals surface area contributed by atoms with Crippen molar-refractivity contribution in [3.05, 3.63) is 60.2 Å². The van der Waals surface area contributed by atoms with Crippen LogP contribution in [-0.4, -0.2) is 15.4 Å². The molecule has 0 bridgehead atoms. The average Bonchev–Trinajstić information content (AvgIpc) is 2.78. The molecule has 0 N–H and O–H groups in total. The van der Waals surface area contributed by atoms with E-state index in [9.17, 15) is 0 Å². The van der Waals surface area contributed by atoms with Gasteiger partial charge in [0.2, 0.25) is 0 Å². The van der Waals surface area contributed by atoms with Crippen molar-refractivity contribution < 1.29 is 51.0 Å². The fourth-order valence-corrected chi connectivity index (χ4v) is 0.791. The van der Waals surface area contributed by atoms with Crippen LogP contribution < -0.4 is 24.8 Å². The van der Waals surface area contributed by atoms with E-state index in [2.05, 4.69) is 30.6 Å². The van der Waals surface area contributed by atoms with Gasteiger partial charge in [0.1, 0.15) is 0 Å². The van der Waals surface area contributed by atoms with E-state index in [1.165, 1.54) is 5.56 Å². The van der Waals surface area contributed by atoms with Crippen molar-refractivity contribution in [2.24, 2.45) is 0 Å². The van der Waals surface area contributed by atoms with Gasteiger partial charge in [-0.25, -0.2) is 24.3 Å². The van der Waals surface area contributed by atoms with Crippen LogP contribution >= 0.6 is 0 Å². The van der Waals surface area contributed by atoms with Crippen LogP contribution in [0.2, 0.25) is 11.5 Å². The van der Waals surface area contributed by atoms with Crippen molar-refractivity contribution in [2.75, 3.05) is 0 Å². The van der Waals surface area contributed by atoms with Gasteiger partial charge in [-0.3, -0.25) is 0 Å². The maximum absolute atomic E-state index is 2.28. The molecule has 17 heavy (non-hydrogen) atoms. The first-order valence-corrected chi connectivity index (χ1v) is 9.74. The summed E-state index contributed by atoms with van der Waals surface area (Å²) in [6.07, 6.45) is 0. The zero-order valence-electron chi connectivity index (χ0n) is 10.5. The maximum Gasteiger partial charge on any atom is 4.00 e. The second kappa shape index (κ2) is 21.9. The van der Waals surface area contributed by atoms with Gasteiger partial charge in [0.25, 0.3) is 0 Å². The molecule has 0 aliphatic heterocycles. The average molecular weight is 410 g/mol. The Morgan fingerprint density at radius 3 is 1.35 bits per heavy atom. The van der Waals surface area contributed by atoms with Crippen LogP contribution in [0.25, 0.3) is 0 Å². The number of hydrogen-bond acceptors (Lipinski definition) is 0. The summed E-state index contributed by atoms with van der Waals surface area (Å²) in [4.78, 5) is 0. The molecular weight excluding hydrogens is 391 g/mol. The largest absolute Gasteiger partial charge is 4.00 e. The summed E-state index contributed by atoms with van der Waals surface area (Å²) >= 11 is 0.312. The maximum atomic E-state index is 2.28. The van der Waals surface area contributed by atoms with E-state index in [1.807, 2.05) is 42.5 Å². The topological polar surface area (TPSA) is 0 Å². The molecule has 0 fully saturated rings. The number of rotatable bonds is 0. The number of halogens is 2. The summed E-state index contributed by atoms with van der Waals surface area (Å²) in [5, 5.41) is 0. The zero-order chi connectivity index (χ0) is 10.6. The van der Waals surface area contributed by atoms with Gasteiger partial charge in [-0.05, 0) is 0 Å². The van der Waals surface area contributed by atoms with E-state index < -0.39 is 0 Å². The van der Waals surface area contributed by atoms with Crippen molar-refractivity contribution in [3.63, 3.8) is 0 Å². The second-order valence-electron chi connectivity index (χ2n) is 3.00. The third kappa shape index (κ3) is 22.4. The number of hydrogen-bond donors (Lipinski definition) is 0. The Bertz CT molecular complexity index is 250. The summed E-state index contributed by atoms with van der Waals surface area (Å²) in [7, 11) is 0. The Morgan fingerprint density at radius 2 is 1.24 bits per heavy atom. The molecule has 0 spiro atoms. The van der Waals surface area contributed by atoms with Gasteiger partial charge in [0.05, 0.1) is 0 Å². The molecule has 0 saturated carbocycles. The molecule has 2 aromatic carbocycles. The standard InChI is InChI=1S/C6H7.C5H5.C2H7Ge.2ClH.Zr/c1-6-4-2-3-5-6;1-2-4-5-3-1;1-3-2;;;/h2-5H,1H3;1-5H;3H,1-2H3;2*1H;/q2*-1;;;;+4/p-2. The molecule has 0 aliphatic rings. The fourth-order valence-electron chi connectivity index (χ4n) is 0.791. The quantitative estimate of drug-likeness (QED) is 0.337. The summed E-state index contributed by atoms with van der Waals surface area (Å²) in [6.45, 7) is 2.08. The normalized spacial score (nSPS) is 6.53. The van der Waals surface area contributed by atoms with E-state index in [4.69, 9.17) is 0 Å². The van der Waals surface area contributed by atoms with Gasteiger partial charge in [-0.1, -0.05) is 6.92 Å². The van der Waals surface area contributed by atoms with Crippen molar-refractivity contribution >= 4 is 15.4 Å². The van der Waals surface area contributed by atoms with E-state index in [1.54, 1.807) is 0 Å². The first kappa shape index (κ1) is 26.3. The van der Waals surface area contributed by atoms with E-state index in [0.717, 1.165) is 0 Å². The van der Waals surface area contributed by atoms with Gasteiger partial charge >= 0.3 is 53.1 Å². The monoisotopic (exact) mass is 409 g/mol. The van der Waals surface area contributed by atoms with Crippen LogP contribution in [0.15, 0.2) is 54.6 Å². The first-order valence-electron chi connectivity index (χ1n) is 4.90. The van der Waals surface area contributed by atoms with E-state index in [0.29, 0.717) is 15.4 Å². The van der Waals surface area contributed by atoms with Crippen molar-refractivity contribution in [1.29, 1.82) is 0 Å². The van der Waals surface area contributed by atoms with E-state index >= 15 is 0 Å². The summed E-state index contributed by atoms with van der Waals surface area (Å²) < 4.78 is 0. The molecule has 0 aromatic heterocycles. The van der Waals surface area contributed by atoms with Crippen LogP contribution in [0.1, 0.15) is 5.56 Å². The molecule has 2 aromatic rings. The van der Waals surface area contributed by atoms with Gasteiger partial charge in [-0.2, -0.15) is 35.9 Å². The van der Waals surface area contributed by atoms with Gasteiger partial charge < -0.3 is 24.8 Å². The Balaban J connectivity index is -0.0000000718. The molecule has 4 heteroatoms. The Kier molecular flexibility index (Phi) is 33.9. The minimum absolute atomic E-state index is 0. The molecule has 2 rings (SSSR count). The number of aryl methyl sites for hydroxylation is 1. The van der Waals surface area contributed by atoms with E-state index in [-0.39, 0.29) is 51.0 Å². The molecule has 0 unspecified atom stereocenters. The van der Waals surface area contributed by atoms with Crippen LogP contribution in [0.5, 0.6) is 0 Å². The summed E-state index contributed by atoms with van der Waals surface area (Å²) in [6, 6.07) is 18.2. The van der Waals surface area contributed by atoms with Crippen molar-refractivity contribution in [2.45, 2.75) is 18.4 Å². The van der Waals surface area contributed by atoms with Crippen molar-refractivity contribution in [1.82, 2.24) is 0 Å². The summed E-state index contributed by atoms with van der Waals surface area (Å²) in [5.41, 5.74) is 1.34. The Morgan fingerprint density at radius 1 is 0.882 bits per heavy atom. The third-order valence-corrected chi connectivity index (χ3v) is 1.38. The minimum atomic E-state index is 0. The molecule has 0 atom stereocenters. The minimum Gasteiger partial charge on any atom is -1.00 e. The Hall–Kier alpha value is 0.706. The fraction of sp³-hybridized carbons (Fsp3) is 0.231. The summed E-state index contributed by atoms with van der Waals surface area (Å²) in [5.74, 6) is 4.56. The zero-order valence-corrected chi connectivity index (χ0v) is 16.9. The molecule has 0 heterocycles. The molecule has 0 amide bonds. The second-order valence-corrected chi connectivity index (χ2v) is 5.42.